The summed E-state index contributed by atoms with van der Waals surface area (Å²) in [6.45, 7) is 4.75. The lowest BCUT2D eigenvalue weighted by Crippen LogP contribution is -2.46. The van der Waals surface area contributed by atoms with Gasteiger partial charge in [0.1, 0.15) is 11.3 Å². The van der Waals surface area contributed by atoms with Crippen LogP contribution in [0.4, 0.5) is 0 Å². The Hall–Kier alpha value is -1.32. The second kappa shape index (κ2) is 4.75. The Morgan fingerprint density at radius 3 is 2.78 bits per heavy atom. The summed E-state index contributed by atoms with van der Waals surface area (Å²) in [6, 6.07) is 10.2. The molecule has 3 nitrogen and oxygen atoms in total. The minimum Gasteiger partial charge on any atom is -0.460 e. The van der Waals surface area contributed by atoms with Gasteiger partial charge in [-0.1, -0.05) is 18.2 Å². The lowest BCUT2D eigenvalue weighted by molar-refractivity contribution is 0.0440. The van der Waals surface area contributed by atoms with E-state index >= 15 is 0 Å². The lowest BCUT2D eigenvalue weighted by Gasteiger charge is -2.34. The van der Waals surface area contributed by atoms with Gasteiger partial charge >= 0.3 is 0 Å². The fraction of sp³-hybridized carbons (Fsp3) is 0.467. The Bertz CT molecular complexity index is 493. The lowest BCUT2D eigenvalue weighted by atomic mass is 9.92. The van der Waals surface area contributed by atoms with E-state index < -0.39 is 0 Å². The summed E-state index contributed by atoms with van der Waals surface area (Å²) in [5, 5.41) is 4.77. The summed E-state index contributed by atoms with van der Waals surface area (Å²) in [5.41, 5.74) is 1.14. The number of para-hydroxylation sites is 1. The number of fused-ring (bicyclic) bond motifs is 1. The molecule has 0 unspecified atom stereocenters. The molecule has 2 heterocycles. The maximum absolute atomic E-state index is 5.81. The zero-order chi connectivity index (χ0) is 12.4. The van der Waals surface area contributed by atoms with Gasteiger partial charge in [-0.05, 0) is 31.9 Å². The smallest absolute Gasteiger partial charge is 0.134 e. The highest BCUT2D eigenvalue weighted by Gasteiger charge is 2.26. The van der Waals surface area contributed by atoms with Crippen molar-refractivity contribution in [1.82, 2.24) is 5.32 Å². The average molecular weight is 245 g/mol. The normalized spacial score (nSPS) is 19.2. The van der Waals surface area contributed by atoms with Crippen LogP contribution in [-0.2, 0) is 11.3 Å². The standard InChI is InChI=1S/C15H19NO2/c1-15(6-8-17-9-7-15)16-11-13-10-12-4-2-3-5-14(12)18-13/h2-5,10,16H,6-9,11H2,1H3. The first-order chi connectivity index (χ1) is 8.75. The van der Waals surface area contributed by atoms with Crippen LogP contribution in [0.25, 0.3) is 11.0 Å². The fourth-order valence-corrected chi connectivity index (χ4v) is 2.42. The Labute approximate surface area is 107 Å². The quantitative estimate of drug-likeness (QED) is 0.902. The highest BCUT2D eigenvalue weighted by Crippen LogP contribution is 2.22. The number of benzene rings is 1. The maximum Gasteiger partial charge on any atom is 0.134 e. The first-order valence-corrected chi connectivity index (χ1v) is 6.55. The molecule has 1 aromatic heterocycles. The summed E-state index contributed by atoms with van der Waals surface area (Å²) in [4.78, 5) is 0. The van der Waals surface area contributed by atoms with Crippen molar-refractivity contribution in [1.29, 1.82) is 0 Å². The zero-order valence-electron chi connectivity index (χ0n) is 10.7. The molecule has 1 N–H and O–H groups in total. The minimum absolute atomic E-state index is 0.178. The van der Waals surface area contributed by atoms with Gasteiger partial charge in [-0.2, -0.15) is 0 Å². The van der Waals surface area contributed by atoms with E-state index in [1.807, 2.05) is 18.2 Å². The van der Waals surface area contributed by atoms with E-state index in [9.17, 15) is 0 Å². The molecule has 1 saturated heterocycles. The third-order valence-corrected chi connectivity index (χ3v) is 3.76. The van der Waals surface area contributed by atoms with Gasteiger partial charge in [0.15, 0.2) is 0 Å². The monoisotopic (exact) mass is 245 g/mol. The van der Waals surface area contributed by atoms with Crippen molar-refractivity contribution in [2.75, 3.05) is 13.2 Å². The highest BCUT2D eigenvalue weighted by molar-refractivity contribution is 5.77. The van der Waals surface area contributed by atoms with Crippen LogP contribution in [0, 0.1) is 0 Å². The SMILES string of the molecule is CC1(NCc2cc3ccccc3o2)CCOCC1. The fourth-order valence-electron chi connectivity index (χ4n) is 2.42. The molecule has 2 aromatic rings. The average Bonchev–Trinajstić information content (AvgIpc) is 2.80. The molecule has 0 aliphatic carbocycles. The highest BCUT2D eigenvalue weighted by atomic mass is 16.5. The second-order valence-corrected chi connectivity index (χ2v) is 5.28. The summed E-state index contributed by atoms with van der Waals surface area (Å²) in [5.74, 6) is 1.00. The van der Waals surface area contributed by atoms with Crippen molar-refractivity contribution < 1.29 is 9.15 Å². The van der Waals surface area contributed by atoms with Crippen molar-refractivity contribution in [2.45, 2.75) is 31.8 Å². The topological polar surface area (TPSA) is 34.4 Å². The summed E-state index contributed by atoms with van der Waals surface area (Å²) >= 11 is 0. The van der Waals surface area contributed by atoms with E-state index in [2.05, 4.69) is 24.4 Å². The molecule has 0 radical (unpaired) electrons. The zero-order valence-corrected chi connectivity index (χ0v) is 10.7. The van der Waals surface area contributed by atoms with Crippen molar-refractivity contribution >= 4 is 11.0 Å². The van der Waals surface area contributed by atoms with Crippen LogP contribution < -0.4 is 5.32 Å². The molecule has 3 rings (SSSR count). The van der Waals surface area contributed by atoms with Gasteiger partial charge in [0.2, 0.25) is 0 Å². The van der Waals surface area contributed by atoms with Crippen LogP contribution >= 0.6 is 0 Å². The van der Waals surface area contributed by atoms with Gasteiger partial charge in [-0.25, -0.2) is 0 Å². The Balaban J connectivity index is 1.69. The summed E-state index contributed by atoms with van der Waals surface area (Å²) < 4.78 is 11.2. The first-order valence-electron chi connectivity index (χ1n) is 6.55. The molecule has 96 valence electrons. The third kappa shape index (κ3) is 2.42. The van der Waals surface area contributed by atoms with E-state index in [4.69, 9.17) is 9.15 Å². The maximum atomic E-state index is 5.81. The van der Waals surface area contributed by atoms with E-state index in [1.54, 1.807) is 0 Å². The van der Waals surface area contributed by atoms with Crippen LogP contribution in [0.15, 0.2) is 34.7 Å². The number of ether oxygens (including phenoxy) is 1. The largest absolute Gasteiger partial charge is 0.460 e. The van der Waals surface area contributed by atoms with E-state index in [0.717, 1.165) is 43.9 Å². The summed E-state index contributed by atoms with van der Waals surface area (Å²) in [7, 11) is 0. The minimum atomic E-state index is 0.178. The van der Waals surface area contributed by atoms with Gasteiger partial charge < -0.3 is 14.5 Å². The molecule has 3 heteroatoms. The molecule has 0 saturated carbocycles. The van der Waals surface area contributed by atoms with Crippen molar-refractivity contribution in [3.8, 4) is 0 Å². The number of nitrogens with one attached hydrogen (secondary N) is 1. The van der Waals surface area contributed by atoms with Crippen LogP contribution in [0.5, 0.6) is 0 Å². The van der Waals surface area contributed by atoms with Gasteiger partial charge in [0.25, 0.3) is 0 Å². The van der Waals surface area contributed by atoms with Gasteiger partial charge in [-0.15, -0.1) is 0 Å². The van der Waals surface area contributed by atoms with Crippen LogP contribution in [0.1, 0.15) is 25.5 Å². The Morgan fingerprint density at radius 2 is 2.00 bits per heavy atom. The van der Waals surface area contributed by atoms with Crippen LogP contribution in [0.3, 0.4) is 0 Å². The van der Waals surface area contributed by atoms with Crippen LogP contribution in [-0.4, -0.2) is 18.8 Å². The first kappa shape index (κ1) is 11.8. The second-order valence-electron chi connectivity index (χ2n) is 5.28. The molecule has 1 aliphatic rings. The Kier molecular flexibility index (Phi) is 3.10. The molecule has 18 heavy (non-hydrogen) atoms. The molecular weight excluding hydrogens is 226 g/mol. The predicted molar refractivity (Wildman–Crippen MR) is 71.5 cm³/mol. The molecule has 0 amide bonds. The van der Waals surface area contributed by atoms with Crippen molar-refractivity contribution in [3.05, 3.63) is 36.1 Å². The molecule has 0 bridgehead atoms. The van der Waals surface area contributed by atoms with Crippen LogP contribution in [0.2, 0.25) is 0 Å². The van der Waals surface area contributed by atoms with E-state index in [-0.39, 0.29) is 5.54 Å². The molecule has 0 spiro atoms. The molecule has 0 atom stereocenters. The number of hydrogen-bond acceptors (Lipinski definition) is 3. The molecule has 1 aromatic carbocycles. The predicted octanol–water partition coefficient (Wildman–Crippen LogP) is 3.09. The van der Waals surface area contributed by atoms with Crippen molar-refractivity contribution in [3.63, 3.8) is 0 Å². The van der Waals surface area contributed by atoms with Gasteiger partial charge in [0.05, 0.1) is 6.54 Å². The van der Waals surface area contributed by atoms with E-state index in [1.165, 1.54) is 5.39 Å². The third-order valence-electron chi connectivity index (χ3n) is 3.76. The summed E-state index contributed by atoms with van der Waals surface area (Å²) in [6.07, 6.45) is 2.13. The number of hydrogen-bond donors (Lipinski definition) is 1. The molecule has 1 aliphatic heterocycles. The Morgan fingerprint density at radius 1 is 1.22 bits per heavy atom. The van der Waals surface area contributed by atoms with Crippen molar-refractivity contribution in [2.24, 2.45) is 0 Å². The van der Waals surface area contributed by atoms with Gasteiger partial charge in [-0.3, -0.25) is 0 Å². The van der Waals surface area contributed by atoms with Gasteiger partial charge in [0, 0.05) is 24.1 Å². The molecular formula is C15H19NO2. The van der Waals surface area contributed by atoms with E-state index in [0.29, 0.717) is 0 Å². The number of furan rings is 1. The number of rotatable bonds is 3. The molecule has 1 fully saturated rings.